The van der Waals surface area contributed by atoms with E-state index in [1.165, 1.54) is 11.3 Å². The van der Waals surface area contributed by atoms with Crippen LogP contribution in [0.2, 0.25) is 0 Å². The zero-order valence-corrected chi connectivity index (χ0v) is 14.1. The molecule has 2 rings (SSSR count). The van der Waals surface area contributed by atoms with Gasteiger partial charge in [-0.1, -0.05) is 6.58 Å². The quantitative estimate of drug-likeness (QED) is 0.775. The first kappa shape index (κ1) is 17.0. The topological polar surface area (TPSA) is 72.8 Å². The molecule has 1 aromatic carbocycles. The number of carboxylic acid groups (broad SMARTS) is 1. The van der Waals surface area contributed by atoms with E-state index < -0.39 is 5.97 Å². The number of thiophene rings is 1. The van der Waals surface area contributed by atoms with Crippen LogP contribution in [0.25, 0.3) is 15.7 Å². The lowest BCUT2D eigenvalue weighted by atomic mass is 10.0. The number of ether oxygens (including phenoxy) is 2. The van der Waals surface area contributed by atoms with E-state index in [0.717, 1.165) is 21.2 Å². The number of benzene rings is 1. The molecule has 5 nitrogen and oxygen atoms in total. The van der Waals surface area contributed by atoms with Gasteiger partial charge in [0.1, 0.15) is 0 Å². The number of carboxylic acids is 1. The zero-order chi connectivity index (χ0) is 17.1. The van der Waals surface area contributed by atoms with Gasteiger partial charge in [0, 0.05) is 28.1 Å². The molecule has 0 atom stereocenters. The summed E-state index contributed by atoms with van der Waals surface area (Å²) in [4.78, 5) is 23.3. The van der Waals surface area contributed by atoms with Crippen LogP contribution in [0.3, 0.4) is 0 Å². The molecule has 0 aliphatic heterocycles. The van der Waals surface area contributed by atoms with Gasteiger partial charge in [0.25, 0.3) is 0 Å². The number of allylic oxidation sites excluding steroid dienone is 1. The molecule has 23 heavy (non-hydrogen) atoms. The highest BCUT2D eigenvalue weighted by molar-refractivity contribution is 7.20. The molecule has 0 radical (unpaired) electrons. The Hall–Kier alpha value is -2.34. The lowest BCUT2D eigenvalue weighted by Gasteiger charge is -2.14. The van der Waals surface area contributed by atoms with Gasteiger partial charge < -0.3 is 14.6 Å². The number of ketones is 1. The number of fused-ring (bicyclic) bond motifs is 1. The zero-order valence-electron chi connectivity index (χ0n) is 13.3. The maximum Gasteiger partial charge on any atom is 0.303 e. The summed E-state index contributed by atoms with van der Waals surface area (Å²) < 4.78 is 11.7. The van der Waals surface area contributed by atoms with E-state index in [-0.39, 0.29) is 18.6 Å². The van der Waals surface area contributed by atoms with Crippen LogP contribution in [0.15, 0.2) is 18.7 Å². The number of rotatable bonds is 7. The van der Waals surface area contributed by atoms with Crippen molar-refractivity contribution >= 4 is 38.7 Å². The van der Waals surface area contributed by atoms with Crippen LogP contribution in [-0.2, 0) is 4.79 Å². The van der Waals surface area contributed by atoms with Crippen LogP contribution in [0.4, 0.5) is 0 Å². The fourth-order valence-corrected chi connectivity index (χ4v) is 3.46. The van der Waals surface area contributed by atoms with Gasteiger partial charge in [-0.2, -0.15) is 0 Å². The standard InChI is InChI=1S/C17H18O5S/c1-9(2)16-10-7-14(11(18)5-6-15(19)20)23-13(10)8-12(21-3)17(16)22-4/h7-8H,1,5-6H2,2-4H3,(H,19,20). The smallest absolute Gasteiger partial charge is 0.303 e. The van der Waals surface area contributed by atoms with Crippen LogP contribution in [0.5, 0.6) is 11.5 Å². The monoisotopic (exact) mass is 334 g/mol. The van der Waals surface area contributed by atoms with E-state index >= 15 is 0 Å². The van der Waals surface area contributed by atoms with Gasteiger partial charge in [-0.25, -0.2) is 0 Å². The first-order valence-corrected chi connectivity index (χ1v) is 7.80. The number of methoxy groups -OCH3 is 2. The third-order valence-electron chi connectivity index (χ3n) is 3.43. The Morgan fingerprint density at radius 3 is 2.43 bits per heavy atom. The van der Waals surface area contributed by atoms with Gasteiger partial charge in [-0.05, 0) is 18.6 Å². The Labute approximate surface area is 138 Å². The summed E-state index contributed by atoms with van der Waals surface area (Å²) in [5, 5.41) is 9.57. The Kier molecular flexibility index (Phi) is 5.05. The number of carbonyl (C=O) groups excluding carboxylic acids is 1. The van der Waals surface area contributed by atoms with Crippen molar-refractivity contribution in [2.75, 3.05) is 14.2 Å². The van der Waals surface area contributed by atoms with Crippen molar-refractivity contribution in [1.29, 1.82) is 0 Å². The van der Waals surface area contributed by atoms with Gasteiger partial charge in [-0.15, -0.1) is 11.3 Å². The molecule has 0 fully saturated rings. The van der Waals surface area contributed by atoms with Crippen LogP contribution in [0.1, 0.15) is 35.0 Å². The van der Waals surface area contributed by atoms with Crippen LogP contribution in [0, 0.1) is 0 Å². The van der Waals surface area contributed by atoms with Gasteiger partial charge in [0.15, 0.2) is 17.3 Å². The highest BCUT2D eigenvalue weighted by Gasteiger charge is 2.20. The molecule has 0 bridgehead atoms. The molecule has 122 valence electrons. The highest BCUT2D eigenvalue weighted by atomic mass is 32.1. The van der Waals surface area contributed by atoms with E-state index in [4.69, 9.17) is 14.6 Å². The van der Waals surface area contributed by atoms with Crippen LogP contribution < -0.4 is 9.47 Å². The molecule has 2 aromatic rings. The van der Waals surface area contributed by atoms with Crippen molar-refractivity contribution < 1.29 is 24.2 Å². The normalized spacial score (nSPS) is 10.6. The molecule has 0 saturated carbocycles. The molecule has 6 heteroatoms. The second-order valence-corrected chi connectivity index (χ2v) is 6.19. The summed E-state index contributed by atoms with van der Waals surface area (Å²) >= 11 is 1.32. The maximum atomic E-state index is 12.2. The average molecular weight is 334 g/mol. The molecule has 0 spiro atoms. The van der Waals surface area contributed by atoms with Gasteiger partial charge in [0.2, 0.25) is 0 Å². The first-order chi connectivity index (χ1) is 10.9. The molecule has 0 aliphatic carbocycles. The summed E-state index contributed by atoms with van der Waals surface area (Å²) in [5.41, 5.74) is 1.60. The van der Waals surface area contributed by atoms with E-state index in [2.05, 4.69) is 6.58 Å². The molecule has 0 amide bonds. The number of hydrogen-bond acceptors (Lipinski definition) is 5. The van der Waals surface area contributed by atoms with Crippen LogP contribution in [-0.4, -0.2) is 31.1 Å². The second-order valence-electron chi connectivity index (χ2n) is 5.11. The van der Waals surface area contributed by atoms with Crippen LogP contribution >= 0.6 is 11.3 Å². The van der Waals surface area contributed by atoms with Crippen molar-refractivity contribution in [1.82, 2.24) is 0 Å². The first-order valence-electron chi connectivity index (χ1n) is 6.98. The van der Waals surface area contributed by atoms with E-state index in [1.54, 1.807) is 20.3 Å². The third kappa shape index (κ3) is 3.37. The summed E-state index contributed by atoms with van der Waals surface area (Å²) in [6.45, 7) is 5.84. The Morgan fingerprint density at radius 2 is 1.91 bits per heavy atom. The Balaban J connectivity index is 2.58. The number of aliphatic carboxylic acids is 1. The van der Waals surface area contributed by atoms with Crippen molar-refractivity contribution in [3.05, 3.63) is 29.2 Å². The van der Waals surface area contributed by atoms with Gasteiger partial charge in [0.05, 0.1) is 25.5 Å². The summed E-state index contributed by atoms with van der Waals surface area (Å²) in [6.07, 6.45) is -0.189. The summed E-state index contributed by atoms with van der Waals surface area (Å²) in [6, 6.07) is 3.59. The Bertz CT molecular complexity index is 788. The minimum absolute atomic E-state index is 0.0150. The van der Waals surface area contributed by atoms with Crippen molar-refractivity contribution in [3.63, 3.8) is 0 Å². The van der Waals surface area contributed by atoms with Gasteiger partial charge >= 0.3 is 5.97 Å². The third-order valence-corrected chi connectivity index (χ3v) is 4.56. The maximum absolute atomic E-state index is 12.2. The number of hydrogen-bond donors (Lipinski definition) is 1. The molecule has 0 aliphatic rings. The predicted molar refractivity (Wildman–Crippen MR) is 90.8 cm³/mol. The number of carbonyl (C=O) groups is 2. The molecular formula is C17H18O5S. The van der Waals surface area contributed by atoms with Crippen molar-refractivity contribution in [3.8, 4) is 11.5 Å². The lowest BCUT2D eigenvalue weighted by molar-refractivity contribution is -0.136. The Morgan fingerprint density at radius 1 is 1.22 bits per heavy atom. The molecule has 1 N–H and O–H groups in total. The van der Waals surface area contributed by atoms with Crippen molar-refractivity contribution in [2.24, 2.45) is 0 Å². The highest BCUT2D eigenvalue weighted by Crippen LogP contribution is 2.43. The molecule has 0 unspecified atom stereocenters. The summed E-state index contributed by atoms with van der Waals surface area (Å²) in [5.74, 6) is -0.0103. The van der Waals surface area contributed by atoms with E-state index in [9.17, 15) is 9.59 Å². The average Bonchev–Trinajstić information content (AvgIpc) is 2.93. The van der Waals surface area contributed by atoms with Crippen molar-refractivity contribution in [2.45, 2.75) is 19.8 Å². The molecule has 1 heterocycles. The second kappa shape index (κ2) is 6.83. The predicted octanol–water partition coefficient (Wildman–Crippen LogP) is 4.00. The van der Waals surface area contributed by atoms with Gasteiger partial charge in [-0.3, -0.25) is 9.59 Å². The van der Waals surface area contributed by atoms with E-state index in [1.807, 2.05) is 13.0 Å². The largest absolute Gasteiger partial charge is 0.493 e. The summed E-state index contributed by atoms with van der Waals surface area (Å²) in [7, 11) is 3.11. The van der Waals surface area contributed by atoms with E-state index in [0.29, 0.717) is 16.4 Å². The number of Topliss-reactive ketones (excluding diaryl/α,β-unsaturated/α-hetero) is 1. The molecule has 1 aromatic heterocycles. The lowest BCUT2D eigenvalue weighted by Crippen LogP contribution is -2.01. The SMILES string of the molecule is C=C(C)c1c(OC)c(OC)cc2sc(C(=O)CCC(=O)O)cc12. The minimum Gasteiger partial charge on any atom is -0.493 e. The minimum atomic E-state index is -0.981. The fourth-order valence-electron chi connectivity index (χ4n) is 2.40. The molecule has 0 saturated heterocycles. The molecular weight excluding hydrogens is 316 g/mol. The fraction of sp³-hybridized carbons (Fsp3) is 0.294.